The molecule has 17 heavy (non-hydrogen) atoms. The van der Waals surface area contributed by atoms with Crippen LogP contribution in [0.4, 0.5) is 5.69 Å². The number of anilines is 1. The van der Waals surface area contributed by atoms with E-state index in [0.717, 1.165) is 10.8 Å². The fraction of sp³-hybridized carbons (Fsp3) is 0.214. The topological polar surface area (TPSA) is 46.3 Å². The summed E-state index contributed by atoms with van der Waals surface area (Å²) in [6.07, 6.45) is 0. The van der Waals surface area contributed by atoms with Gasteiger partial charge < -0.3 is 10.6 Å². The fourth-order valence-electron chi connectivity index (χ4n) is 1.79. The van der Waals surface area contributed by atoms with Crippen LogP contribution in [0.1, 0.15) is 17.3 Å². The molecule has 0 radical (unpaired) electrons. The molecule has 0 saturated heterocycles. The number of carbonyl (C=O) groups excluding carboxylic acids is 1. The summed E-state index contributed by atoms with van der Waals surface area (Å²) in [5.41, 5.74) is 7.05. The molecular weight excluding hydrogens is 212 g/mol. The number of amides is 1. The van der Waals surface area contributed by atoms with E-state index in [1.165, 1.54) is 0 Å². The first-order valence-corrected chi connectivity index (χ1v) is 5.67. The van der Waals surface area contributed by atoms with Crippen LogP contribution >= 0.6 is 0 Å². The van der Waals surface area contributed by atoms with E-state index in [1.54, 1.807) is 11.9 Å². The quantitative estimate of drug-likeness (QED) is 0.803. The van der Waals surface area contributed by atoms with E-state index in [4.69, 9.17) is 5.73 Å². The number of nitrogens with two attached hydrogens (primary N) is 1. The van der Waals surface area contributed by atoms with Crippen LogP contribution < -0.4 is 5.73 Å². The highest BCUT2D eigenvalue weighted by Gasteiger charge is 2.13. The third-order valence-corrected chi connectivity index (χ3v) is 2.97. The van der Waals surface area contributed by atoms with Gasteiger partial charge in [-0.05, 0) is 29.8 Å². The highest BCUT2D eigenvalue weighted by molar-refractivity contribution is 6.03. The van der Waals surface area contributed by atoms with Crippen LogP contribution in [0, 0.1) is 0 Å². The van der Waals surface area contributed by atoms with E-state index in [2.05, 4.69) is 0 Å². The summed E-state index contributed by atoms with van der Waals surface area (Å²) in [5, 5.41) is 2.09. The molecule has 0 saturated carbocycles. The molecule has 2 N–H and O–H groups in total. The lowest BCUT2D eigenvalue weighted by Crippen LogP contribution is -2.26. The number of fused-ring (bicyclic) bond motifs is 1. The molecule has 2 aromatic carbocycles. The molecule has 2 rings (SSSR count). The molecule has 0 atom stereocenters. The maximum absolute atomic E-state index is 12.1. The number of benzene rings is 2. The number of hydrogen-bond acceptors (Lipinski definition) is 2. The van der Waals surface area contributed by atoms with Gasteiger partial charge in [0, 0.05) is 19.3 Å². The van der Waals surface area contributed by atoms with Crippen LogP contribution in [-0.2, 0) is 0 Å². The standard InChI is InChI=1S/C14H16N2O/c1-3-16(2)14(17)12-8-10-6-4-5-7-11(10)9-13(12)15/h4-9H,3,15H2,1-2H3. The molecule has 0 heterocycles. The average molecular weight is 228 g/mol. The van der Waals surface area contributed by atoms with Crippen LogP contribution in [0.15, 0.2) is 36.4 Å². The van der Waals surface area contributed by atoms with E-state index in [-0.39, 0.29) is 5.91 Å². The number of hydrogen-bond donors (Lipinski definition) is 1. The summed E-state index contributed by atoms with van der Waals surface area (Å²) in [6.45, 7) is 2.61. The van der Waals surface area contributed by atoms with Crippen molar-refractivity contribution in [2.75, 3.05) is 19.3 Å². The second-order valence-corrected chi connectivity index (χ2v) is 4.11. The van der Waals surface area contributed by atoms with E-state index < -0.39 is 0 Å². The zero-order valence-electron chi connectivity index (χ0n) is 10.1. The third-order valence-electron chi connectivity index (χ3n) is 2.97. The predicted octanol–water partition coefficient (Wildman–Crippen LogP) is 2.51. The van der Waals surface area contributed by atoms with Gasteiger partial charge in [-0.1, -0.05) is 24.3 Å². The molecule has 0 spiro atoms. The van der Waals surface area contributed by atoms with E-state index >= 15 is 0 Å². The largest absolute Gasteiger partial charge is 0.398 e. The van der Waals surface area contributed by atoms with Crippen molar-refractivity contribution >= 4 is 22.4 Å². The average Bonchev–Trinajstić information content (AvgIpc) is 2.36. The Morgan fingerprint density at radius 1 is 1.24 bits per heavy atom. The lowest BCUT2D eigenvalue weighted by atomic mass is 10.0. The molecule has 0 fully saturated rings. The summed E-state index contributed by atoms with van der Waals surface area (Å²) >= 11 is 0. The molecule has 0 aliphatic heterocycles. The third kappa shape index (κ3) is 2.09. The van der Waals surface area contributed by atoms with Gasteiger partial charge in [-0.15, -0.1) is 0 Å². The molecule has 2 aromatic rings. The van der Waals surface area contributed by atoms with Gasteiger partial charge in [0.05, 0.1) is 5.56 Å². The normalized spacial score (nSPS) is 10.5. The number of nitrogens with zero attached hydrogens (tertiary/aromatic N) is 1. The Morgan fingerprint density at radius 2 is 1.82 bits per heavy atom. The Kier molecular flexibility index (Phi) is 3.00. The smallest absolute Gasteiger partial charge is 0.255 e. The van der Waals surface area contributed by atoms with Crippen molar-refractivity contribution < 1.29 is 4.79 Å². The van der Waals surface area contributed by atoms with Crippen molar-refractivity contribution in [3.8, 4) is 0 Å². The Hall–Kier alpha value is -2.03. The number of rotatable bonds is 2. The van der Waals surface area contributed by atoms with Crippen LogP contribution in [0.2, 0.25) is 0 Å². The van der Waals surface area contributed by atoms with Gasteiger partial charge in [0.2, 0.25) is 0 Å². The van der Waals surface area contributed by atoms with E-state index in [9.17, 15) is 4.79 Å². The van der Waals surface area contributed by atoms with Gasteiger partial charge in [-0.2, -0.15) is 0 Å². The van der Waals surface area contributed by atoms with Crippen molar-refractivity contribution in [1.29, 1.82) is 0 Å². The van der Waals surface area contributed by atoms with Crippen LogP contribution in [-0.4, -0.2) is 24.4 Å². The minimum atomic E-state index is -0.0317. The van der Waals surface area contributed by atoms with Gasteiger partial charge >= 0.3 is 0 Å². The monoisotopic (exact) mass is 228 g/mol. The Balaban J connectivity index is 2.54. The minimum Gasteiger partial charge on any atom is -0.398 e. The molecule has 0 unspecified atom stereocenters. The summed E-state index contributed by atoms with van der Waals surface area (Å²) in [4.78, 5) is 13.7. The van der Waals surface area contributed by atoms with Crippen LogP contribution in [0.3, 0.4) is 0 Å². The first kappa shape index (κ1) is 11.5. The van der Waals surface area contributed by atoms with Crippen molar-refractivity contribution in [2.45, 2.75) is 6.92 Å². The second-order valence-electron chi connectivity index (χ2n) is 4.11. The Labute approximate surface area is 101 Å². The Morgan fingerprint density at radius 3 is 2.41 bits per heavy atom. The highest BCUT2D eigenvalue weighted by atomic mass is 16.2. The number of nitrogen functional groups attached to an aromatic ring is 1. The van der Waals surface area contributed by atoms with Gasteiger partial charge in [0.15, 0.2) is 0 Å². The second kappa shape index (κ2) is 4.45. The predicted molar refractivity (Wildman–Crippen MR) is 71.0 cm³/mol. The molecule has 0 aliphatic carbocycles. The molecule has 88 valence electrons. The lowest BCUT2D eigenvalue weighted by Gasteiger charge is -2.16. The number of carbonyl (C=O) groups is 1. The highest BCUT2D eigenvalue weighted by Crippen LogP contribution is 2.22. The van der Waals surface area contributed by atoms with Crippen molar-refractivity contribution in [3.05, 3.63) is 42.0 Å². The summed E-state index contributed by atoms with van der Waals surface area (Å²) in [7, 11) is 1.77. The molecule has 1 amide bonds. The van der Waals surface area contributed by atoms with Crippen molar-refractivity contribution in [3.63, 3.8) is 0 Å². The lowest BCUT2D eigenvalue weighted by molar-refractivity contribution is 0.0803. The molecule has 0 aromatic heterocycles. The zero-order valence-corrected chi connectivity index (χ0v) is 10.1. The van der Waals surface area contributed by atoms with Crippen molar-refractivity contribution in [2.24, 2.45) is 0 Å². The van der Waals surface area contributed by atoms with Gasteiger partial charge in [-0.3, -0.25) is 4.79 Å². The summed E-state index contributed by atoms with van der Waals surface area (Å²) in [6, 6.07) is 11.6. The zero-order chi connectivity index (χ0) is 12.4. The first-order chi connectivity index (χ1) is 8.13. The minimum absolute atomic E-state index is 0.0317. The van der Waals surface area contributed by atoms with Crippen LogP contribution in [0.25, 0.3) is 10.8 Å². The van der Waals surface area contributed by atoms with Crippen molar-refractivity contribution in [1.82, 2.24) is 4.90 Å². The molecule has 0 aliphatic rings. The molecule has 0 bridgehead atoms. The first-order valence-electron chi connectivity index (χ1n) is 5.67. The summed E-state index contributed by atoms with van der Waals surface area (Å²) < 4.78 is 0. The fourth-order valence-corrected chi connectivity index (χ4v) is 1.79. The molecular formula is C14H16N2O. The van der Waals surface area contributed by atoms with Crippen LogP contribution in [0.5, 0.6) is 0 Å². The van der Waals surface area contributed by atoms with Gasteiger partial charge in [0.25, 0.3) is 5.91 Å². The van der Waals surface area contributed by atoms with E-state index in [0.29, 0.717) is 17.8 Å². The van der Waals surface area contributed by atoms with Gasteiger partial charge in [-0.25, -0.2) is 0 Å². The molecule has 3 heteroatoms. The maximum Gasteiger partial charge on any atom is 0.255 e. The van der Waals surface area contributed by atoms with Gasteiger partial charge in [0.1, 0.15) is 0 Å². The SMILES string of the molecule is CCN(C)C(=O)c1cc2ccccc2cc1N. The molecule has 3 nitrogen and oxygen atoms in total. The summed E-state index contributed by atoms with van der Waals surface area (Å²) in [5.74, 6) is -0.0317. The Bertz CT molecular complexity index is 563. The maximum atomic E-state index is 12.1. The van der Waals surface area contributed by atoms with E-state index in [1.807, 2.05) is 43.3 Å².